The van der Waals surface area contributed by atoms with Crippen molar-refractivity contribution in [2.75, 3.05) is 37.7 Å². The van der Waals surface area contributed by atoms with E-state index >= 15 is 0 Å². The monoisotopic (exact) mass is 476 g/mol. The normalized spacial score (nSPS) is 18.5. The van der Waals surface area contributed by atoms with Gasteiger partial charge in [-0.25, -0.2) is 8.42 Å². The van der Waals surface area contributed by atoms with E-state index in [0.717, 1.165) is 36.1 Å². The number of rotatable bonds is 4. The first-order valence-electron chi connectivity index (χ1n) is 10.9. The largest absolute Gasteiger partial charge is 0.486 e. The van der Waals surface area contributed by atoms with Crippen molar-refractivity contribution in [3.63, 3.8) is 0 Å². The number of halogens is 1. The summed E-state index contributed by atoms with van der Waals surface area (Å²) < 4.78 is 38.7. The summed E-state index contributed by atoms with van der Waals surface area (Å²) in [4.78, 5) is 15.1. The molecule has 2 aromatic rings. The molecule has 0 aliphatic carbocycles. The zero-order chi connectivity index (χ0) is 22.3. The molecule has 3 heterocycles. The highest BCUT2D eigenvalue weighted by Gasteiger charge is 2.30. The van der Waals surface area contributed by atoms with Gasteiger partial charge in [0.15, 0.2) is 11.5 Å². The number of sulfonamides is 1. The number of benzene rings is 2. The Morgan fingerprint density at radius 2 is 1.78 bits per heavy atom. The van der Waals surface area contributed by atoms with Gasteiger partial charge in [-0.05, 0) is 60.7 Å². The summed E-state index contributed by atoms with van der Waals surface area (Å²) in [6.45, 7) is 2.57. The lowest BCUT2D eigenvalue weighted by molar-refractivity contribution is -0.117. The maximum absolute atomic E-state index is 13.1. The summed E-state index contributed by atoms with van der Waals surface area (Å²) in [6.07, 6.45) is 3.67. The lowest BCUT2D eigenvalue weighted by atomic mass is 10.1. The first-order valence-corrected chi connectivity index (χ1v) is 12.8. The molecule has 0 radical (unpaired) electrons. The molecule has 0 bridgehead atoms. The minimum Gasteiger partial charge on any atom is -0.486 e. The van der Waals surface area contributed by atoms with Gasteiger partial charge in [-0.2, -0.15) is 4.31 Å². The molecule has 0 spiro atoms. The Hall–Kier alpha value is -2.29. The maximum Gasteiger partial charge on any atom is 0.243 e. The highest BCUT2D eigenvalue weighted by Crippen LogP contribution is 2.39. The van der Waals surface area contributed by atoms with Gasteiger partial charge in [0.25, 0.3) is 0 Å². The average molecular weight is 477 g/mol. The lowest BCUT2D eigenvalue weighted by Gasteiger charge is -2.26. The number of carbonyl (C=O) groups is 1. The molecular formula is C23H25ClN2O5S. The van der Waals surface area contributed by atoms with Gasteiger partial charge in [0, 0.05) is 25.3 Å². The van der Waals surface area contributed by atoms with Crippen LogP contribution in [0.25, 0.3) is 0 Å². The van der Waals surface area contributed by atoms with Crippen molar-refractivity contribution in [3.8, 4) is 11.5 Å². The summed E-state index contributed by atoms with van der Waals surface area (Å²) in [7, 11) is -3.49. The molecule has 9 heteroatoms. The van der Waals surface area contributed by atoms with E-state index in [1.54, 1.807) is 39.5 Å². The first kappa shape index (κ1) is 21.6. The van der Waals surface area contributed by atoms with Gasteiger partial charge in [0.05, 0.1) is 16.3 Å². The number of hydrogen-bond donors (Lipinski definition) is 0. The van der Waals surface area contributed by atoms with Crippen LogP contribution < -0.4 is 14.4 Å². The zero-order valence-electron chi connectivity index (χ0n) is 17.7. The number of amides is 1. The molecule has 1 fully saturated rings. The van der Waals surface area contributed by atoms with Gasteiger partial charge in [-0.15, -0.1) is 0 Å². The summed E-state index contributed by atoms with van der Waals surface area (Å²) in [5, 5.41) is 0.430. The van der Waals surface area contributed by atoms with E-state index < -0.39 is 10.0 Å². The Kier molecular flexibility index (Phi) is 5.77. The molecule has 1 saturated heterocycles. The number of hydrogen-bond acceptors (Lipinski definition) is 5. The number of piperidine rings is 1. The van der Waals surface area contributed by atoms with Crippen molar-refractivity contribution < 1.29 is 22.7 Å². The fraction of sp³-hybridized carbons (Fsp3) is 0.435. The van der Waals surface area contributed by atoms with Gasteiger partial charge in [0.1, 0.15) is 13.2 Å². The fourth-order valence-corrected chi connectivity index (χ4v) is 6.44. The molecule has 0 N–H and O–H groups in total. The molecule has 0 aromatic heterocycles. The molecule has 7 nitrogen and oxygen atoms in total. The van der Waals surface area contributed by atoms with Crippen molar-refractivity contribution in [2.24, 2.45) is 0 Å². The van der Waals surface area contributed by atoms with Crippen LogP contribution in [-0.2, 0) is 27.7 Å². The van der Waals surface area contributed by atoms with E-state index in [9.17, 15) is 13.2 Å². The molecule has 170 valence electrons. The van der Waals surface area contributed by atoms with Crippen LogP contribution in [0.1, 0.15) is 30.4 Å². The predicted molar refractivity (Wildman–Crippen MR) is 121 cm³/mol. The summed E-state index contributed by atoms with van der Waals surface area (Å²) in [5.74, 6) is 1.01. The summed E-state index contributed by atoms with van der Waals surface area (Å²) in [6, 6.07) is 8.64. The topological polar surface area (TPSA) is 76.1 Å². The van der Waals surface area contributed by atoms with Crippen LogP contribution in [0.4, 0.5) is 5.69 Å². The molecule has 3 aliphatic heterocycles. The molecule has 32 heavy (non-hydrogen) atoms. The zero-order valence-corrected chi connectivity index (χ0v) is 19.3. The molecule has 1 amide bonds. The molecule has 0 atom stereocenters. The third-order valence-electron chi connectivity index (χ3n) is 6.21. The van der Waals surface area contributed by atoms with Gasteiger partial charge in [0.2, 0.25) is 15.9 Å². The predicted octanol–water partition coefficient (Wildman–Crippen LogP) is 3.42. The third kappa shape index (κ3) is 3.95. The highest BCUT2D eigenvalue weighted by molar-refractivity contribution is 7.89. The Balaban J connectivity index is 1.34. The van der Waals surface area contributed by atoms with Crippen molar-refractivity contribution in [1.82, 2.24) is 4.31 Å². The summed E-state index contributed by atoms with van der Waals surface area (Å²) >= 11 is 6.30. The molecule has 2 aromatic carbocycles. The van der Waals surface area contributed by atoms with Gasteiger partial charge in [-0.3, -0.25) is 4.79 Å². The third-order valence-corrected chi connectivity index (χ3v) is 8.39. The lowest BCUT2D eigenvalue weighted by Crippen LogP contribution is -2.35. The van der Waals surface area contributed by atoms with E-state index in [1.165, 1.54) is 0 Å². The van der Waals surface area contributed by atoms with E-state index in [2.05, 4.69) is 0 Å². The van der Waals surface area contributed by atoms with Crippen LogP contribution in [0.3, 0.4) is 0 Å². The quantitative estimate of drug-likeness (QED) is 0.675. The fourth-order valence-electron chi connectivity index (χ4n) is 4.59. The van der Waals surface area contributed by atoms with Crippen LogP contribution in [0, 0.1) is 0 Å². The Labute approximate surface area is 192 Å². The van der Waals surface area contributed by atoms with E-state index in [-0.39, 0.29) is 12.3 Å². The number of nitrogens with zero attached hydrogens (tertiary/aromatic N) is 2. The second kappa shape index (κ2) is 8.57. The SMILES string of the molecule is O=C(Cc1cc(Cl)c2c(c1)OCCO2)N1CCc2cc(S(=O)(=O)N3CCCCC3)ccc21. The smallest absolute Gasteiger partial charge is 0.243 e. The summed E-state index contributed by atoms with van der Waals surface area (Å²) in [5.41, 5.74) is 2.41. The minimum absolute atomic E-state index is 0.0665. The molecule has 5 rings (SSSR count). The first-order chi connectivity index (χ1) is 15.4. The Bertz CT molecular complexity index is 1160. The molecule has 0 unspecified atom stereocenters. The van der Waals surface area contributed by atoms with E-state index in [4.69, 9.17) is 21.1 Å². The standard InChI is InChI=1S/C23H25ClN2O5S/c24-19-12-16(13-21-23(19)31-11-10-30-21)14-22(27)26-9-6-17-15-18(4-5-20(17)26)32(28,29)25-7-2-1-3-8-25/h4-5,12-13,15H,1-3,6-11,14H2. The Morgan fingerprint density at radius 3 is 2.59 bits per heavy atom. The van der Waals surface area contributed by atoms with Crippen LogP contribution >= 0.6 is 11.6 Å². The minimum atomic E-state index is -3.49. The molecular weight excluding hydrogens is 452 g/mol. The van der Waals surface area contributed by atoms with Crippen LogP contribution in [-0.4, -0.2) is 51.5 Å². The van der Waals surface area contributed by atoms with Crippen LogP contribution in [0.5, 0.6) is 11.5 Å². The highest BCUT2D eigenvalue weighted by atomic mass is 35.5. The van der Waals surface area contributed by atoms with Crippen molar-refractivity contribution in [1.29, 1.82) is 0 Å². The maximum atomic E-state index is 13.1. The second-order valence-electron chi connectivity index (χ2n) is 8.33. The Morgan fingerprint density at radius 1 is 1.00 bits per heavy atom. The number of carbonyl (C=O) groups excluding carboxylic acids is 1. The van der Waals surface area contributed by atoms with Crippen LogP contribution in [0.15, 0.2) is 35.2 Å². The van der Waals surface area contributed by atoms with Gasteiger partial charge >= 0.3 is 0 Å². The number of anilines is 1. The van der Waals surface area contributed by atoms with E-state index in [1.807, 2.05) is 0 Å². The number of ether oxygens (including phenoxy) is 2. The van der Waals surface area contributed by atoms with Gasteiger partial charge in [-0.1, -0.05) is 18.0 Å². The molecule has 0 saturated carbocycles. The van der Waals surface area contributed by atoms with Crippen molar-refractivity contribution in [3.05, 3.63) is 46.5 Å². The number of fused-ring (bicyclic) bond motifs is 2. The van der Waals surface area contributed by atoms with Gasteiger partial charge < -0.3 is 14.4 Å². The van der Waals surface area contributed by atoms with E-state index in [0.29, 0.717) is 60.7 Å². The van der Waals surface area contributed by atoms with Crippen LogP contribution in [0.2, 0.25) is 5.02 Å². The second-order valence-corrected chi connectivity index (χ2v) is 10.7. The van der Waals surface area contributed by atoms with Crippen molar-refractivity contribution >= 4 is 33.2 Å². The molecule has 3 aliphatic rings. The van der Waals surface area contributed by atoms with Crippen molar-refractivity contribution in [2.45, 2.75) is 37.0 Å². The average Bonchev–Trinajstić information content (AvgIpc) is 3.23.